The van der Waals surface area contributed by atoms with Gasteiger partial charge in [0.2, 0.25) is 0 Å². The molecule has 2 rings (SSSR count). The van der Waals surface area contributed by atoms with Gasteiger partial charge in [-0.15, -0.1) is 0 Å². The van der Waals surface area contributed by atoms with E-state index in [1.807, 2.05) is 0 Å². The van der Waals surface area contributed by atoms with Crippen LogP contribution in [0.2, 0.25) is 10.0 Å². The normalized spacial score (nSPS) is 11.1. The number of halogens is 4. The Morgan fingerprint density at radius 1 is 0.963 bits per heavy atom. The molecule has 0 heterocycles. The Kier molecular flexibility index (Phi) is 6.28. The van der Waals surface area contributed by atoms with Gasteiger partial charge in [0.05, 0.1) is 27.0 Å². The van der Waals surface area contributed by atoms with E-state index in [0.29, 0.717) is 0 Å². The van der Waals surface area contributed by atoms with Gasteiger partial charge >= 0.3 is 6.09 Å². The van der Waals surface area contributed by atoms with Crippen molar-refractivity contribution in [2.24, 2.45) is 0 Å². The maximum absolute atomic E-state index is 13.6. The third kappa shape index (κ3) is 5.80. The average molecular weight is 417 g/mol. The highest BCUT2D eigenvalue weighted by molar-refractivity contribution is 6.37. The van der Waals surface area contributed by atoms with Crippen molar-refractivity contribution in [2.75, 3.05) is 10.6 Å². The Morgan fingerprint density at radius 3 is 2.26 bits per heavy atom. The molecule has 27 heavy (non-hydrogen) atoms. The van der Waals surface area contributed by atoms with Gasteiger partial charge in [-0.1, -0.05) is 23.2 Å². The summed E-state index contributed by atoms with van der Waals surface area (Å²) in [5.74, 6) is -2.31. The lowest BCUT2D eigenvalue weighted by Gasteiger charge is -2.20. The van der Waals surface area contributed by atoms with Crippen molar-refractivity contribution >= 4 is 46.6 Å². The number of benzene rings is 2. The molecule has 0 unspecified atom stereocenters. The third-order valence-corrected chi connectivity index (χ3v) is 3.72. The summed E-state index contributed by atoms with van der Waals surface area (Å²) in [6.45, 7) is 5.03. The van der Waals surface area contributed by atoms with Crippen molar-refractivity contribution < 1.29 is 23.1 Å². The van der Waals surface area contributed by atoms with Crippen LogP contribution in [0, 0.1) is 11.6 Å². The number of anilines is 2. The number of carbonyl (C=O) groups excluding carboxylic acids is 2. The molecule has 0 saturated heterocycles. The number of rotatable bonds is 3. The molecule has 0 aromatic heterocycles. The Balaban J connectivity index is 2.28. The molecule has 0 saturated carbocycles. The van der Waals surface area contributed by atoms with Gasteiger partial charge < -0.3 is 10.1 Å². The first-order chi connectivity index (χ1) is 12.5. The van der Waals surface area contributed by atoms with E-state index in [2.05, 4.69) is 10.6 Å². The van der Waals surface area contributed by atoms with E-state index in [0.717, 1.165) is 24.3 Å². The second-order valence-electron chi connectivity index (χ2n) is 6.52. The summed E-state index contributed by atoms with van der Waals surface area (Å²) < 4.78 is 32.4. The highest BCUT2D eigenvalue weighted by atomic mass is 35.5. The molecule has 2 aromatic rings. The molecule has 0 spiro atoms. The fraction of sp³-hybridized carbons (Fsp3) is 0.222. The number of amides is 2. The molecule has 9 heteroatoms. The van der Waals surface area contributed by atoms with Crippen LogP contribution in [-0.2, 0) is 4.74 Å². The second-order valence-corrected chi connectivity index (χ2v) is 7.33. The zero-order valence-corrected chi connectivity index (χ0v) is 16.1. The lowest BCUT2D eigenvalue weighted by molar-refractivity contribution is 0.0635. The SMILES string of the molecule is CC(C)(C)OC(=O)Nc1ccc(F)cc1NC(=O)c1cc(F)c(Cl)cc1Cl. The van der Waals surface area contributed by atoms with Gasteiger partial charge in [0.25, 0.3) is 5.91 Å². The fourth-order valence-electron chi connectivity index (χ4n) is 2.03. The van der Waals surface area contributed by atoms with Gasteiger partial charge in [0, 0.05) is 0 Å². The van der Waals surface area contributed by atoms with Crippen LogP contribution in [0.15, 0.2) is 30.3 Å². The molecule has 0 aliphatic heterocycles. The molecule has 0 aliphatic rings. The van der Waals surface area contributed by atoms with E-state index in [-0.39, 0.29) is 27.0 Å². The molecule has 2 N–H and O–H groups in total. The van der Waals surface area contributed by atoms with Crippen molar-refractivity contribution in [2.45, 2.75) is 26.4 Å². The standard InChI is InChI=1S/C18H16Cl2F2N2O3/c1-18(2,3)27-17(26)24-14-5-4-9(21)6-15(14)23-16(25)10-7-13(22)12(20)8-11(10)19/h4-8H,1-3H3,(H,23,25)(H,24,26). The molecular formula is C18H16Cl2F2N2O3. The van der Waals surface area contributed by atoms with E-state index >= 15 is 0 Å². The van der Waals surface area contributed by atoms with Gasteiger partial charge in [0.1, 0.15) is 17.2 Å². The van der Waals surface area contributed by atoms with E-state index < -0.39 is 29.2 Å². The van der Waals surface area contributed by atoms with Crippen LogP contribution in [0.4, 0.5) is 25.0 Å². The molecule has 0 aliphatic carbocycles. The summed E-state index contributed by atoms with van der Waals surface area (Å²) in [5.41, 5.74) is -0.921. The summed E-state index contributed by atoms with van der Waals surface area (Å²) in [6, 6.07) is 5.28. The van der Waals surface area contributed by atoms with Crippen molar-refractivity contribution in [3.8, 4) is 0 Å². The minimum Gasteiger partial charge on any atom is -0.444 e. The quantitative estimate of drug-likeness (QED) is 0.614. The van der Waals surface area contributed by atoms with Crippen LogP contribution in [0.25, 0.3) is 0 Å². The molecule has 0 bridgehead atoms. The monoisotopic (exact) mass is 416 g/mol. The minimum atomic E-state index is -0.836. The molecular weight excluding hydrogens is 401 g/mol. The molecule has 144 valence electrons. The van der Waals surface area contributed by atoms with Gasteiger partial charge in [-0.2, -0.15) is 0 Å². The van der Waals surface area contributed by atoms with Gasteiger partial charge in [-0.25, -0.2) is 13.6 Å². The molecule has 0 radical (unpaired) electrons. The zero-order chi connectivity index (χ0) is 20.4. The van der Waals surface area contributed by atoms with E-state index in [4.69, 9.17) is 27.9 Å². The third-order valence-electron chi connectivity index (χ3n) is 3.12. The molecule has 5 nitrogen and oxygen atoms in total. The Bertz CT molecular complexity index is 899. The van der Waals surface area contributed by atoms with Crippen LogP contribution in [0.3, 0.4) is 0 Å². The topological polar surface area (TPSA) is 67.4 Å². The summed E-state index contributed by atoms with van der Waals surface area (Å²) in [5, 5.41) is 4.47. The summed E-state index contributed by atoms with van der Waals surface area (Å²) in [7, 11) is 0. The number of ether oxygens (including phenoxy) is 1. The van der Waals surface area contributed by atoms with Crippen molar-refractivity contribution in [1.82, 2.24) is 0 Å². The maximum atomic E-state index is 13.6. The molecule has 0 atom stereocenters. The van der Waals surface area contributed by atoms with Crippen LogP contribution >= 0.6 is 23.2 Å². The first-order valence-electron chi connectivity index (χ1n) is 7.72. The summed E-state index contributed by atoms with van der Waals surface area (Å²) >= 11 is 11.5. The Morgan fingerprint density at radius 2 is 1.63 bits per heavy atom. The molecule has 0 fully saturated rings. The Hall–Kier alpha value is -2.38. The lowest BCUT2D eigenvalue weighted by Crippen LogP contribution is -2.27. The van der Waals surface area contributed by atoms with Crippen molar-refractivity contribution in [1.29, 1.82) is 0 Å². The number of carbonyl (C=O) groups is 2. The highest BCUT2D eigenvalue weighted by Crippen LogP contribution is 2.28. The zero-order valence-electron chi connectivity index (χ0n) is 14.6. The van der Waals surface area contributed by atoms with Crippen LogP contribution in [0.1, 0.15) is 31.1 Å². The molecule has 2 aromatic carbocycles. The molecule has 2 amide bonds. The van der Waals surface area contributed by atoms with Crippen molar-refractivity contribution in [3.63, 3.8) is 0 Å². The van der Waals surface area contributed by atoms with Crippen molar-refractivity contribution in [3.05, 3.63) is 57.6 Å². The first-order valence-corrected chi connectivity index (χ1v) is 8.47. The predicted octanol–water partition coefficient (Wildman–Crippen LogP) is 5.87. The van der Waals surface area contributed by atoms with Crippen LogP contribution in [0.5, 0.6) is 0 Å². The van der Waals surface area contributed by atoms with Gasteiger partial charge in [-0.3, -0.25) is 10.1 Å². The maximum Gasteiger partial charge on any atom is 0.412 e. The van der Waals surface area contributed by atoms with E-state index in [1.165, 1.54) is 6.07 Å². The minimum absolute atomic E-state index is 0.0581. The van der Waals surface area contributed by atoms with Crippen LogP contribution < -0.4 is 10.6 Å². The van der Waals surface area contributed by atoms with Gasteiger partial charge in [-0.05, 0) is 51.1 Å². The van der Waals surface area contributed by atoms with E-state index in [1.54, 1.807) is 20.8 Å². The predicted molar refractivity (Wildman–Crippen MR) is 101 cm³/mol. The van der Waals surface area contributed by atoms with E-state index in [9.17, 15) is 18.4 Å². The summed E-state index contributed by atoms with van der Waals surface area (Å²) in [6.07, 6.45) is -0.792. The number of hydrogen-bond acceptors (Lipinski definition) is 3. The fourth-order valence-corrected chi connectivity index (χ4v) is 2.50. The smallest absolute Gasteiger partial charge is 0.412 e. The summed E-state index contributed by atoms with van der Waals surface area (Å²) in [4.78, 5) is 24.3. The van der Waals surface area contributed by atoms with Crippen LogP contribution in [-0.4, -0.2) is 17.6 Å². The lowest BCUT2D eigenvalue weighted by atomic mass is 10.2. The Labute approximate surface area is 164 Å². The first kappa shape index (κ1) is 20.9. The van der Waals surface area contributed by atoms with Gasteiger partial charge in [0.15, 0.2) is 0 Å². The average Bonchev–Trinajstić information content (AvgIpc) is 2.51. The number of hydrogen-bond donors (Lipinski definition) is 2. The number of nitrogens with one attached hydrogen (secondary N) is 2. The largest absolute Gasteiger partial charge is 0.444 e. The second kappa shape index (κ2) is 8.10. The highest BCUT2D eigenvalue weighted by Gasteiger charge is 2.19.